The molecule has 0 saturated heterocycles. The van der Waals surface area contributed by atoms with Crippen molar-refractivity contribution >= 4 is 36.8 Å². The molecule has 0 aliphatic heterocycles. The van der Waals surface area contributed by atoms with Gasteiger partial charge in [-0.1, -0.05) is 0 Å². The Morgan fingerprint density at radius 2 is 1.40 bits per heavy atom. The summed E-state index contributed by atoms with van der Waals surface area (Å²) in [6.07, 6.45) is 6.01. The second kappa shape index (κ2) is 13.2. The summed E-state index contributed by atoms with van der Waals surface area (Å²) in [5, 5.41) is 5.34. The Morgan fingerprint density at radius 1 is 0.689 bits per heavy atom. The molecule has 2 aliphatic carbocycles. The van der Waals surface area contributed by atoms with Crippen LogP contribution in [0.1, 0.15) is 53.5 Å². The molecule has 0 heterocycles. The van der Waals surface area contributed by atoms with Crippen LogP contribution < -0.4 is 28.1 Å². The Kier molecular flexibility index (Phi) is 9.43. The molecule has 2 aliphatic rings. The van der Waals surface area contributed by atoms with Crippen molar-refractivity contribution in [1.82, 2.24) is 0 Å². The van der Waals surface area contributed by atoms with Gasteiger partial charge in [-0.05, 0) is 0 Å². The van der Waals surface area contributed by atoms with Crippen molar-refractivity contribution < 1.29 is 47.2 Å². The van der Waals surface area contributed by atoms with Gasteiger partial charge >= 0.3 is 269 Å². The Labute approximate surface area is 291 Å². The predicted molar refractivity (Wildman–Crippen MR) is 185 cm³/mol. The molecule has 0 amide bonds. The molecule has 0 spiro atoms. The topological polar surface area (TPSA) is 0 Å². The average Bonchev–Trinajstić information content (AvgIpc) is 3.59. The third-order valence-corrected chi connectivity index (χ3v) is 18.0. The monoisotopic (exact) mass is 716 g/mol. The third-order valence-electron chi connectivity index (χ3n) is 9.51. The molecule has 0 bridgehead atoms. The van der Waals surface area contributed by atoms with E-state index in [1.807, 2.05) is 0 Å². The summed E-state index contributed by atoms with van der Waals surface area (Å²) in [5.41, 5.74) is 15.1. The normalized spacial score (nSPS) is 14.3. The molecule has 0 saturated carbocycles. The molecule has 0 radical (unpaired) electrons. The van der Waals surface area contributed by atoms with Crippen LogP contribution in [0.25, 0.3) is 49.9 Å². The first kappa shape index (κ1) is 32.2. The van der Waals surface area contributed by atoms with E-state index in [4.69, 9.17) is 0 Å². The zero-order valence-corrected chi connectivity index (χ0v) is 31.1. The van der Waals surface area contributed by atoms with E-state index in [2.05, 4.69) is 135 Å². The minimum absolute atomic E-state index is 0. The van der Waals surface area contributed by atoms with Crippen LogP contribution in [0, 0.1) is 0 Å². The van der Waals surface area contributed by atoms with Gasteiger partial charge in [0.25, 0.3) is 0 Å². The van der Waals surface area contributed by atoms with Crippen molar-refractivity contribution in [2.45, 2.75) is 45.2 Å². The van der Waals surface area contributed by atoms with Gasteiger partial charge < -0.3 is 24.8 Å². The smallest absolute Gasteiger partial charge is 1.00 e. The molecule has 8 rings (SSSR count). The van der Waals surface area contributed by atoms with Crippen molar-refractivity contribution in [3.05, 3.63) is 143 Å². The van der Waals surface area contributed by atoms with Crippen molar-refractivity contribution in [3.8, 4) is 22.3 Å². The van der Waals surface area contributed by atoms with E-state index in [0.717, 1.165) is 12.8 Å². The Bertz CT molecular complexity index is 2090. The molecule has 45 heavy (non-hydrogen) atoms. The van der Waals surface area contributed by atoms with E-state index >= 15 is 0 Å². The van der Waals surface area contributed by atoms with Crippen LogP contribution in [0.15, 0.2) is 115 Å². The predicted octanol–water partition coefficient (Wildman–Crippen LogP) is 4.26. The van der Waals surface area contributed by atoms with Gasteiger partial charge in [0.1, 0.15) is 0 Å². The molecular weight excluding hydrogens is 683 g/mol. The minimum Gasteiger partial charge on any atom is -1.00 e. The molecular formula is C41H36Cl2SiZr. The van der Waals surface area contributed by atoms with Gasteiger partial charge in [-0.15, -0.1) is 0 Å². The van der Waals surface area contributed by atoms with E-state index in [-0.39, 0.29) is 24.8 Å². The van der Waals surface area contributed by atoms with Crippen molar-refractivity contribution in [2.24, 2.45) is 0 Å². The number of hydrogen-bond donors (Lipinski definition) is 0. The molecule has 0 fully saturated rings. The summed E-state index contributed by atoms with van der Waals surface area (Å²) in [7, 11) is 0. The van der Waals surface area contributed by atoms with Gasteiger partial charge in [0.05, 0.1) is 0 Å². The number of benzene rings is 6. The van der Waals surface area contributed by atoms with Gasteiger partial charge in [-0.2, -0.15) is 0 Å². The van der Waals surface area contributed by atoms with E-state index in [0.29, 0.717) is 5.92 Å². The Balaban J connectivity index is 0.00000179. The molecule has 6 aromatic carbocycles. The second-order valence-electron chi connectivity index (χ2n) is 12.6. The zero-order valence-electron chi connectivity index (χ0n) is 26.0. The van der Waals surface area contributed by atoms with Gasteiger partial charge in [-0.3, -0.25) is 0 Å². The molecule has 6 aromatic rings. The maximum atomic E-state index is 2.60. The summed E-state index contributed by atoms with van der Waals surface area (Å²) < 4.78 is 1.76. The van der Waals surface area contributed by atoms with Gasteiger partial charge in [0.15, 0.2) is 0 Å². The van der Waals surface area contributed by atoms with E-state index in [1.54, 1.807) is 20.0 Å². The van der Waals surface area contributed by atoms with Crippen LogP contribution in [0.4, 0.5) is 0 Å². The van der Waals surface area contributed by atoms with Crippen molar-refractivity contribution in [1.29, 1.82) is 0 Å². The largest absolute Gasteiger partial charge is 1.00 e. The van der Waals surface area contributed by atoms with Gasteiger partial charge in [-0.25, -0.2) is 0 Å². The van der Waals surface area contributed by atoms with Crippen LogP contribution in [0.3, 0.4) is 0 Å². The summed E-state index contributed by atoms with van der Waals surface area (Å²) in [4.78, 5) is 0. The SMILES string of the molecule is CCCC1=Cc2c(-c3cc4ccccc4c4ccccc34)cccc2C1c1[c]([Zr+2][SiH](C)C)ccc2c1Cc1ccccc1-2.[Cl-].[Cl-]. The summed E-state index contributed by atoms with van der Waals surface area (Å²) in [6.45, 7) is 7.50. The summed E-state index contributed by atoms with van der Waals surface area (Å²) in [5.74, 6) is -0.284. The molecule has 0 aromatic heterocycles. The third kappa shape index (κ3) is 5.43. The summed E-state index contributed by atoms with van der Waals surface area (Å²) >= 11 is -0.623. The zero-order chi connectivity index (χ0) is 29.1. The van der Waals surface area contributed by atoms with Crippen molar-refractivity contribution in [3.63, 3.8) is 0 Å². The van der Waals surface area contributed by atoms with Crippen LogP contribution in [0.5, 0.6) is 0 Å². The number of halogens is 2. The summed E-state index contributed by atoms with van der Waals surface area (Å²) in [6, 6.07) is 41.7. The molecule has 4 heteroatoms. The van der Waals surface area contributed by atoms with Crippen LogP contribution in [0.2, 0.25) is 13.1 Å². The Hall–Kier alpha value is -2.74. The molecule has 0 N–H and O–H groups in total. The maximum absolute atomic E-state index is 2.60. The molecule has 222 valence electrons. The van der Waals surface area contributed by atoms with E-state index in [9.17, 15) is 0 Å². The van der Waals surface area contributed by atoms with E-state index in [1.165, 1.54) is 66.9 Å². The minimum atomic E-state index is -0.654. The standard InChI is InChI=1S/C39H29.C2H7Si.2ClH.Zr/c1-2-11-27-24-38-33(36-22-25-12-3-5-14-28(25)30-16-7-8-17-32(30)36)19-10-21-35(38)39(27)34-20-9-18-31-29-15-6-4-13-26(29)23-37(31)34;1-3-2;;;/h3-10,12-19,21-22,24,39H,2,11,23H2,1H3;3H,1-2H3;2*1H;/q;;;;+2/p-2. The van der Waals surface area contributed by atoms with Gasteiger partial charge in [0.2, 0.25) is 0 Å². The molecule has 1 unspecified atom stereocenters. The number of rotatable bonds is 6. The van der Waals surface area contributed by atoms with Crippen molar-refractivity contribution in [2.75, 3.05) is 0 Å². The molecule has 1 atom stereocenters. The average molecular weight is 719 g/mol. The first-order valence-corrected chi connectivity index (χ1v) is 24.2. The number of hydrogen-bond acceptors (Lipinski definition) is 0. The fourth-order valence-corrected chi connectivity index (χ4v) is 16.1. The van der Waals surface area contributed by atoms with Crippen LogP contribution in [-0.2, 0) is 28.8 Å². The fourth-order valence-electron chi connectivity index (χ4n) is 7.82. The van der Waals surface area contributed by atoms with Gasteiger partial charge in [0, 0.05) is 0 Å². The first-order valence-electron chi connectivity index (χ1n) is 15.9. The molecule has 0 nitrogen and oxygen atoms in total. The first-order chi connectivity index (χ1) is 21.1. The second-order valence-corrected chi connectivity index (χ2v) is 27.2. The fraction of sp³-hybridized carbons (Fsp3) is 0.171. The quantitative estimate of drug-likeness (QED) is 0.178. The number of allylic oxidation sites excluding steroid dienone is 1. The maximum Gasteiger partial charge on any atom is -1.00 e. The van der Waals surface area contributed by atoms with Crippen LogP contribution >= 0.6 is 0 Å². The number of fused-ring (bicyclic) bond motifs is 7. The van der Waals surface area contributed by atoms with Crippen LogP contribution in [-0.4, -0.2) is 5.92 Å². The van der Waals surface area contributed by atoms with E-state index < -0.39 is 28.3 Å². The Morgan fingerprint density at radius 3 is 2.20 bits per heavy atom.